The molecule has 0 N–H and O–H groups in total. The van der Waals surface area contributed by atoms with Gasteiger partial charge in [-0.2, -0.15) is 0 Å². The molecule has 2 aliphatic heterocycles. The molecule has 2 saturated heterocycles. The zero-order valence-corrected chi connectivity index (χ0v) is 20.8. The SMILES string of the molecule is CCCCCCCCCCCC[C@H]1CC(=O)N(C2CC(C)(C)N(C)C(C)(C)C2)C1=O. The number of nitrogens with zero attached hydrogens (tertiary/aromatic N) is 2. The molecule has 4 nitrogen and oxygen atoms in total. The summed E-state index contributed by atoms with van der Waals surface area (Å²) in [4.78, 5) is 29.9. The second kappa shape index (κ2) is 11.1. The Labute approximate surface area is 186 Å². The molecule has 0 bridgehead atoms. The third-order valence-electron chi connectivity index (χ3n) is 7.83. The number of hydrogen-bond acceptors (Lipinski definition) is 3. The normalized spacial score (nSPS) is 24.7. The van der Waals surface area contributed by atoms with E-state index in [1.165, 1.54) is 57.8 Å². The zero-order chi connectivity index (χ0) is 22.4. The molecule has 2 fully saturated rings. The van der Waals surface area contributed by atoms with Gasteiger partial charge >= 0.3 is 0 Å². The Kier molecular flexibility index (Phi) is 9.39. The molecule has 30 heavy (non-hydrogen) atoms. The van der Waals surface area contributed by atoms with Crippen molar-refractivity contribution in [2.45, 2.75) is 142 Å². The van der Waals surface area contributed by atoms with Crippen molar-refractivity contribution in [3.63, 3.8) is 0 Å². The summed E-state index contributed by atoms with van der Waals surface area (Å²) >= 11 is 0. The van der Waals surface area contributed by atoms with Gasteiger partial charge in [-0.3, -0.25) is 19.4 Å². The summed E-state index contributed by atoms with van der Waals surface area (Å²) in [6, 6.07) is 0.0453. The molecule has 2 amide bonds. The number of hydrogen-bond donors (Lipinski definition) is 0. The first kappa shape index (κ1) is 25.4. The summed E-state index contributed by atoms with van der Waals surface area (Å²) in [7, 11) is 2.16. The average Bonchev–Trinajstić information content (AvgIpc) is 2.94. The van der Waals surface area contributed by atoms with E-state index in [-0.39, 0.29) is 34.9 Å². The highest BCUT2D eigenvalue weighted by molar-refractivity contribution is 6.03. The Morgan fingerprint density at radius 3 is 1.77 bits per heavy atom. The van der Waals surface area contributed by atoms with Gasteiger partial charge in [0.15, 0.2) is 0 Å². The van der Waals surface area contributed by atoms with Crippen molar-refractivity contribution < 1.29 is 9.59 Å². The average molecular weight is 421 g/mol. The number of carbonyl (C=O) groups excluding carboxylic acids is 2. The van der Waals surface area contributed by atoms with Crippen molar-refractivity contribution in [1.29, 1.82) is 0 Å². The van der Waals surface area contributed by atoms with E-state index in [1.54, 1.807) is 4.90 Å². The quantitative estimate of drug-likeness (QED) is 0.274. The van der Waals surface area contributed by atoms with Gasteiger partial charge in [-0.1, -0.05) is 71.1 Å². The summed E-state index contributed by atoms with van der Waals surface area (Å²) in [6.45, 7) is 11.2. The predicted molar refractivity (Wildman–Crippen MR) is 125 cm³/mol. The fraction of sp³-hybridized carbons (Fsp3) is 0.923. The highest BCUT2D eigenvalue weighted by atomic mass is 16.2. The minimum absolute atomic E-state index is 0.0123. The molecule has 2 aliphatic rings. The van der Waals surface area contributed by atoms with Crippen LogP contribution in [0.25, 0.3) is 0 Å². The van der Waals surface area contributed by atoms with Crippen LogP contribution in [0.4, 0.5) is 0 Å². The first-order valence-corrected chi connectivity index (χ1v) is 12.7. The van der Waals surface area contributed by atoms with Crippen molar-refractivity contribution in [3.8, 4) is 0 Å². The first-order valence-electron chi connectivity index (χ1n) is 12.7. The van der Waals surface area contributed by atoms with Crippen LogP contribution in [0.3, 0.4) is 0 Å². The van der Waals surface area contributed by atoms with Crippen LogP contribution < -0.4 is 0 Å². The molecular formula is C26H48N2O2. The van der Waals surface area contributed by atoms with E-state index in [4.69, 9.17) is 0 Å². The van der Waals surface area contributed by atoms with E-state index in [9.17, 15) is 9.59 Å². The second-order valence-corrected chi connectivity index (χ2v) is 11.2. The van der Waals surface area contributed by atoms with Gasteiger partial charge in [-0.15, -0.1) is 0 Å². The van der Waals surface area contributed by atoms with Crippen LogP contribution in [0, 0.1) is 5.92 Å². The minimum Gasteiger partial charge on any atom is -0.296 e. The molecule has 0 saturated carbocycles. The standard InChI is InChI=1S/C26H48N2O2/c1-7-8-9-10-11-12-13-14-15-16-17-21-18-23(29)28(24(21)30)22-19-25(2,3)27(6)26(4,5)20-22/h21-22H,7-20H2,1-6H3/t21-/m0/s1. The largest absolute Gasteiger partial charge is 0.296 e. The molecule has 0 unspecified atom stereocenters. The lowest BCUT2D eigenvalue weighted by Gasteiger charge is -2.54. The molecule has 0 spiro atoms. The van der Waals surface area contributed by atoms with Crippen LogP contribution in [0.1, 0.15) is 125 Å². The van der Waals surface area contributed by atoms with E-state index in [2.05, 4.69) is 46.6 Å². The maximum absolute atomic E-state index is 13.1. The molecule has 174 valence electrons. The number of amides is 2. The Morgan fingerprint density at radius 1 is 0.800 bits per heavy atom. The zero-order valence-electron chi connectivity index (χ0n) is 20.8. The Bertz CT molecular complexity index is 551. The van der Waals surface area contributed by atoms with E-state index >= 15 is 0 Å². The van der Waals surface area contributed by atoms with Crippen molar-refractivity contribution in [1.82, 2.24) is 9.80 Å². The van der Waals surface area contributed by atoms with Crippen LogP contribution in [-0.2, 0) is 9.59 Å². The molecule has 2 heterocycles. The lowest BCUT2D eigenvalue weighted by Crippen LogP contribution is -2.63. The topological polar surface area (TPSA) is 40.6 Å². The van der Waals surface area contributed by atoms with E-state index in [0.717, 1.165) is 25.7 Å². The second-order valence-electron chi connectivity index (χ2n) is 11.2. The predicted octanol–water partition coefficient (Wildman–Crippen LogP) is 6.32. The molecule has 1 atom stereocenters. The van der Waals surface area contributed by atoms with Gasteiger partial charge < -0.3 is 0 Å². The van der Waals surface area contributed by atoms with Crippen molar-refractivity contribution >= 4 is 11.8 Å². The fourth-order valence-electron chi connectivity index (χ4n) is 5.70. The van der Waals surface area contributed by atoms with Crippen LogP contribution in [0.15, 0.2) is 0 Å². The van der Waals surface area contributed by atoms with Crippen molar-refractivity contribution in [3.05, 3.63) is 0 Å². The number of likely N-dealkylation sites (tertiary alicyclic amines) is 2. The van der Waals surface area contributed by atoms with Crippen LogP contribution in [-0.4, -0.2) is 45.8 Å². The van der Waals surface area contributed by atoms with E-state index < -0.39 is 0 Å². The molecule has 0 aromatic heterocycles. The molecule has 2 rings (SSSR count). The summed E-state index contributed by atoms with van der Waals surface area (Å²) in [5.74, 6) is 0.104. The van der Waals surface area contributed by atoms with Gasteiger partial charge in [0.2, 0.25) is 11.8 Å². The van der Waals surface area contributed by atoms with Gasteiger partial charge in [0, 0.05) is 29.5 Å². The van der Waals surface area contributed by atoms with Gasteiger partial charge in [-0.25, -0.2) is 0 Å². The summed E-state index contributed by atoms with van der Waals surface area (Å²) < 4.78 is 0. The van der Waals surface area contributed by atoms with Crippen molar-refractivity contribution in [2.24, 2.45) is 5.92 Å². The molecule has 0 radical (unpaired) electrons. The van der Waals surface area contributed by atoms with Crippen molar-refractivity contribution in [2.75, 3.05) is 7.05 Å². The minimum atomic E-state index is -0.0718. The number of imide groups is 1. The highest BCUT2D eigenvalue weighted by Crippen LogP contribution is 2.41. The lowest BCUT2D eigenvalue weighted by molar-refractivity contribution is -0.146. The van der Waals surface area contributed by atoms with Gasteiger partial charge in [0.05, 0.1) is 0 Å². The Morgan fingerprint density at radius 2 is 1.27 bits per heavy atom. The summed E-state index contributed by atoms with van der Waals surface area (Å²) in [5, 5.41) is 0. The van der Waals surface area contributed by atoms with E-state index in [1.807, 2.05) is 0 Å². The number of unbranched alkanes of at least 4 members (excludes halogenated alkanes) is 9. The van der Waals surface area contributed by atoms with Gasteiger partial charge in [0.1, 0.15) is 0 Å². The third-order valence-corrected chi connectivity index (χ3v) is 7.83. The number of piperidine rings is 1. The summed E-state index contributed by atoms with van der Waals surface area (Å²) in [6.07, 6.45) is 16.1. The highest BCUT2D eigenvalue weighted by Gasteiger charge is 2.50. The Hall–Kier alpha value is -0.900. The van der Waals surface area contributed by atoms with Crippen LogP contribution >= 0.6 is 0 Å². The molecule has 4 heteroatoms. The molecule has 0 aromatic carbocycles. The maximum Gasteiger partial charge on any atom is 0.233 e. The number of rotatable bonds is 12. The first-order chi connectivity index (χ1) is 14.1. The number of carbonyl (C=O) groups is 2. The van der Waals surface area contributed by atoms with Crippen LogP contribution in [0.2, 0.25) is 0 Å². The monoisotopic (exact) mass is 420 g/mol. The fourth-order valence-corrected chi connectivity index (χ4v) is 5.70. The lowest BCUT2D eigenvalue weighted by atomic mass is 9.77. The molecular weight excluding hydrogens is 372 g/mol. The van der Waals surface area contributed by atoms with E-state index in [0.29, 0.717) is 6.42 Å². The molecule has 0 aliphatic carbocycles. The molecule has 0 aromatic rings. The van der Waals surface area contributed by atoms with Gasteiger partial charge in [-0.05, 0) is 54.0 Å². The summed E-state index contributed by atoms with van der Waals surface area (Å²) in [5.41, 5.74) is -0.0246. The van der Waals surface area contributed by atoms with Crippen LogP contribution in [0.5, 0.6) is 0 Å². The maximum atomic E-state index is 13.1. The third kappa shape index (κ3) is 6.55. The smallest absolute Gasteiger partial charge is 0.233 e. The van der Waals surface area contributed by atoms with Gasteiger partial charge in [0.25, 0.3) is 0 Å². The Balaban J connectivity index is 1.73.